The van der Waals surface area contributed by atoms with Gasteiger partial charge in [0, 0.05) is 24.8 Å². The fourth-order valence-electron chi connectivity index (χ4n) is 2.84. The molecule has 4 heteroatoms. The van der Waals surface area contributed by atoms with Gasteiger partial charge in [-0.25, -0.2) is 9.97 Å². The second kappa shape index (κ2) is 7.79. The summed E-state index contributed by atoms with van der Waals surface area (Å²) in [4.78, 5) is 11.4. The quantitative estimate of drug-likeness (QED) is 0.699. The van der Waals surface area contributed by atoms with E-state index in [1.54, 1.807) is 0 Å². The standard InChI is InChI=1S/C21H24N4/c1-4-25(19-12-8-9-16(2)13-19)21-14-20(23-17(3)24-21)22-15-18-10-6-5-7-11-18/h5-14H,4,15H2,1-3H3,(H,22,23,24). The summed E-state index contributed by atoms with van der Waals surface area (Å²) >= 11 is 0. The molecule has 0 spiro atoms. The number of anilines is 3. The minimum absolute atomic E-state index is 0.743. The Kier molecular flexibility index (Phi) is 5.29. The molecule has 0 saturated carbocycles. The van der Waals surface area contributed by atoms with Crippen molar-refractivity contribution in [2.75, 3.05) is 16.8 Å². The summed E-state index contributed by atoms with van der Waals surface area (Å²) in [5.41, 5.74) is 3.62. The highest BCUT2D eigenvalue weighted by Crippen LogP contribution is 2.26. The number of aromatic nitrogens is 2. The molecular formula is C21H24N4. The van der Waals surface area contributed by atoms with Gasteiger partial charge in [0.25, 0.3) is 0 Å². The number of nitrogens with zero attached hydrogens (tertiary/aromatic N) is 3. The Hall–Kier alpha value is -2.88. The Balaban J connectivity index is 1.84. The van der Waals surface area contributed by atoms with Gasteiger partial charge in [0.05, 0.1) is 0 Å². The lowest BCUT2D eigenvalue weighted by Gasteiger charge is -2.23. The second-order valence-electron chi connectivity index (χ2n) is 6.08. The zero-order valence-electron chi connectivity index (χ0n) is 15.0. The Labute approximate surface area is 149 Å². The number of benzene rings is 2. The average Bonchev–Trinajstić information content (AvgIpc) is 2.61. The molecule has 25 heavy (non-hydrogen) atoms. The summed E-state index contributed by atoms with van der Waals surface area (Å²) in [6, 6.07) is 20.8. The first-order valence-electron chi connectivity index (χ1n) is 8.63. The predicted octanol–water partition coefficient (Wildman–Crippen LogP) is 4.86. The summed E-state index contributed by atoms with van der Waals surface area (Å²) in [6.07, 6.45) is 0. The number of hydrogen-bond donors (Lipinski definition) is 1. The van der Waals surface area contributed by atoms with E-state index in [-0.39, 0.29) is 0 Å². The van der Waals surface area contributed by atoms with Crippen molar-refractivity contribution in [2.45, 2.75) is 27.3 Å². The van der Waals surface area contributed by atoms with Gasteiger partial charge in [-0.05, 0) is 44.0 Å². The molecule has 0 unspecified atom stereocenters. The maximum atomic E-state index is 4.64. The van der Waals surface area contributed by atoms with E-state index < -0.39 is 0 Å². The third-order valence-corrected chi connectivity index (χ3v) is 4.05. The lowest BCUT2D eigenvalue weighted by Crippen LogP contribution is -2.18. The van der Waals surface area contributed by atoms with Gasteiger partial charge in [0.2, 0.25) is 0 Å². The lowest BCUT2D eigenvalue weighted by molar-refractivity contribution is 0.945. The minimum atomic E-state index is 0.743. The molecule has 0 amide bonds. The van der Waals surface area contributed by atoms with Gasteiger partial charge >= 0.3 is 0 Å². The van der Waals surface area contributed by atoms with Gasteiger partial charge in [-0.15, -0.1) is 0 Å². The molecule has 0 radical (unpaired) electrons. The van der Waals surface area contributed by atoms with Crippen LogP contribution in [-0.4, -0.2) is 16.5 Å². The molecule has 0 bridgehead atoms. The first-order chi connectivity index (χ1) is 12.2. The molecule has 1 N–H and O–H groups in total. The molecule has 0 fully saturated rings. The first-order valence-corrected chi connectivity index (χ1v) is 8.63. The van der Waals surface area contributed by atoms with E-state index in [1.807, 2.05) is 31.2 Å². The van der Waals surface area contributed by atoms with Crippen LogP contribution in [0.25, 0.3) is 0 Å². The number of hydrogen-bond acceptors (Lipinski definition) is 4. The topological polar surface area (TPSA) is 41.0 Å². The van der Waals surface area contributed by atoms with Gasteiger partial charge < -0.3 is 10.2 Å². The highest BCUT2D eigenvalue weighted by atomic mass is 15.2. The maximum Gasteiger partial charge on any atom is 0.138 e. The van der Waals surface area contributed by atoms with E-state index in [4.69, 9.17) is 0 Å². The third-order valence-electron chi connectivity index (χ3n) is 4.05. The monoisotopic (exact) mass is 332 g/mol. The van der Waals surface area contributed by atoms with Crippen LogP contribution in [0.1, 0.15) is 23.9 Å². The summed E-state index contributed by atoms with van der Waals surface area (Å²) in [7, 11) is 0. The van der Waals surface area contributed by atoms with Crippen LogP contribution in [0.3, 0.4) is 0 Å². The van der Waals surface area contributed by atoms with Crippen LogP contribution >= 0.6 is 0 Å². The Morgan fingerprint density at radius 3 is 2.44 bits per heavy atom. The van der Waals surface area contributed by atoms with Gasteiger partial charge in [0.1, 0.15) is 17.5 Å². The average molecular weight is 332 g/mol. The van der Waals surface area contributed by atoms with Gasteiger partial charge in [-0.2, -0.15) is 0 Å². The van der Waals surface area contributed by atoms with Crippen LogP contribution in [0.15, 0.2) is 60.7 Å². The third kappa shape index (κ3) is 4.35. The summed E-state index contributed by atoms with van der Waals surface area (Å²) in [5, 5.41) is 3.41. The Morgan fingerprint density at radius 1 is 0.920 bits per heavy atom. The van der Waals surface area contributed by atoms with Crippen molar-refractivity contribution in [3.05, 3.63) is 77.6 Å². The fraction of sp³-hybridized carbons (Fsp3) is 0.238. The molecule has 0 aliphatic rings. The van der Waals surface area contributed by atoms with Crippen LogP contribution < -0.4 is 10.2 Å². The second-order valence-corrected chi connectivity index (χ2v) is 6.08. The fourth-order valence-corrected chi connectivity index (χ4v) is 2.84. The highest BCUT2D eigenvalue weighted by Gasteiger charge is 2.11. The van der Waals surface area contributed by atoms with Crippen molar-refractivity contribution >= 4 is 17.3 Å². The van der Waals surface area contributed by atoms with E-state index in [9.17, 15) is 0 Å². The SMILES string of the molecule is CCN(c1cccc(C)c1)c1cc(NCc2ccccc2)nc(C)n1. The van der Waals surface area contributed by atoms with E-state index >= 15 is 0 Å². The predicted molar refractivity (Wildman–Crippen MR) is 104 cm³/mol. The van der Waals surface area contributed by atoms with Crippen LogP contribution in [-0.2, 0) is 6.54 Å². The van der Waals surface area contributed by atoms with Crippen LogP contribution in [0.4, 0.5) is 17.3 Å². The summed E-state index contributed by atoms with van der Waals surface area (Å²) in [5.74, 6) is 2.52. The van der Waals surface area contributed by atoms with E-state index in [0.717, 1.165) is 36.2 Å². The molecule has 3 rings (SSSR count). The van der Waals surface area contributed by atoms with Gasteiger partial charge in [-0.3, -0.25) is 0 Å². The zero-order valence-corrected chi connectivity index (χ0v) is 15.0. The van der Waals surface area contributed by atoms with Crippen LogP contribution in [0.5, 0.6) is 0 Å². The molecule has 1 heterocycles. The zero-order chi connectivity index (χ0) is 17.6. The number of rotatable bonds is 6. The number of aryl methyl sites for hydroxylation is 2. The summed E-state index contributed by atoms with van der Waals surface area (Å²) < 4.78 is 0. The maximum absolute atomic E-state index is 4.64. The minimum Gasteiger partial charge on any atom is -0.366 e. The van der Waals surface area contributed by atoms with Crippen molar-refractivity contribution in [3.63, 3.8) is 0 Å². The van der Waals surface area contributed by atoms with Crippen molar-refractivity contribution in [1.82, 2.24) is 9.97 Å². The van der Waals surface area contributed by atoms with Gasteiger partial charge in [0.15, 0.2) is 0 Å². The lowest BCUT2D eigenvalue weighted by atomic mass is 10.2. The van der Waals surface area contributed by atoms with Crippen molar-refractivity contribution in [3.8, 4) is 0 Å². The normalized spacial score (nSPS) is 10.5. The molecule has 3 aromatic rings. The molecule has 1 aromatic heterocycles. The van der Waals surface area contributed by atoms with Crippen molar-refractivity contribution < 1.29 is 0 Å². The largest absolute Gasteiger partial charge is 0.366 e. The molecule has 4 nitrogen and oxygen atoms in total. The number of nitrogens with one attached hydrogen (secondary N) is 1. The molecule has 128 valence electrons. The van der Waals surface area contributed by atoms with E-state index in [2.05, 4.69) is 70.4 Å². The molecular weight excluding hydrogens is 308 g/mol. The molecule has 2 aromatic carbocycles. The Morgan fingerprint density at radius 2 is 1.72 bits per heavy atom. The molecule has 0 atom stereocenters. The smallest absolute Gasteiger partial charge is 0.138 e. The Bertz CT molecular complexity index is 830. The van der Waals surface area contributed by atoms with Gasteiger partial charge in [-0.1, -0.05) is 42.5 Å². The van der Waals surface area contributed by atoms with E-state index in [1.165, 1.54) is 11.1 Å². The molecule has 0 aliphatic heterocycles. The highest BCUT2D eigenvalue weighted by molar-refractivity contribution is 5.63. The van der Waals surface area contributed by atoms with Crippen LogP contribution in [0.2, 0.25) is 0 Å². The molecule has 0 aliphatic carbocycles. The van der Waals surface area contributed by atoms with Crippen molar-refractivity contribution in [1.29, 1.82) is 0 Å². The summed E-state index contributed by atoms with van der Waals surface area (Å²) in [6.45, 7) is 7.76. The van der Waals surface area contributed by atoms with E-state index in [0.29, 0.717) is 0 Å². The van der Waals surface area contributed by atoms with Crippen LogP contribution in [0, 0.1) is 13.8 Å². The van der Waals surface area contributed by atoms with Crippen molar-refractivity contribution in [2.24, 2.45) is 0 Å². The first kappa shape index (κ1) is 17.0. The molecule has 0 saturated heterocycles.